The normalized spacial score (nSPS) is 22.6. The second-order valence-corrected chi connectivity index (χ2v) is 11.2. The molecule has 1 saturated carbocycles. The van der Waals surface area contributed by atoms with E-state index in [2.05, 4.69) is 15.3 Å². The molecule has 0 spiro atoms. The number of anilines is 1. The van der Waals surface area contributed by atoms with Crippen LogP contribution < -0.4 is 10.3 Å². The Morgan fingerprint density at radius 2 is 1.56 bits per heavy atom. The molecule has 0 atom stereocenters. The van der Waals surface area contributed by atoms with Crippen LogP contribution >= 0.6 is 0 Å². The van der Waals surface area contributed by atoms with Crippen LogP contribution in [0, 0.1) is 17.7 Å². The molecule has 2 aromatic rings. The van der Waals surface area contributed by atoms with Crippen LogP contribution in [0.4, 0.5) is 10.1 Å². The highest BCUT2D eigenvalue weighted by atomic mass is 19.1. The SMILES string of the molecule is CC1=NN(c2ccc(C(=O)N[C@H]3CC[C@H](CCN4CCC(C(=O)c5ccc(F)cc5)CC4)CC3)cc2)C(=O)C1. The number of benzene rings is 2. The summed E-state index contributed by atoms with van der Waals surface area (Å²) in [5, 5.41) is 8.84. The third kappa shape index (κ3) is 6.79. The lowest BCUT2D eigenvalue weighted by Gasteiger charge is -2.34. The lowest BCUT2D eigenvalue weighted by atomic mass is 9.83. The van der Waals surface area contributed by atoms with Crippen LogP contribution in [0.2, 0.25) is 0 Å². The predicted molar refractivity (Wildman–Crippen MR) is 149 cm³/mol. The second-order valence-electron chi connectivity index (χ2n) is 11.2. The molecule has 206 valence electrons. The number of hydrogen-bond acceptors (Lipinski definition) is 5. The van der Waals surface area contributed by atoms with Gasteiger partial charge < -0.3 is 10.2 Å². The minimum absolute atomic E-state index is 0.0300. The predicted octanol–water partition coefficient (Wildman–Crippen LogP) is 5.21. The molecule has 0 bridgehead atoms. The van der Waals surface area contributed by atoms with Crippen molar-refractivity contribution in [1.82, 2.24) is 10.2 Å². The van der Waals surface area contributed by atoms with Crippen molar-refractivity contribution in [2.45, 2.75) is 64.3 Å². The molecule has 8 heteroatoms. The largest absolute Gasteiger partial charge is 0.349 e. The van der Waals surface area contributed by atoms with Gasteiger partial charge in [0.2, 0.25) is 0 Å². The quantitative estimate of drug-likeness (QED) is 0.473. The van der Waals surface area contributed by atoms with Crippen molar-refractivity contribution in [2.75, 3.05) is 24.6 Å². The van der Waals surface area contributed by atoms with E-state index in [-0.39, 0.29) is 35.4 Å². The number of carbonyl (C=O) groups is 3. The van der Waals surface area contributed by atoms with E-state index in [0.717, 1.165) is 70.3 Å². The van der Waals surface area contributed by atoms with Crippen molar-refractivity contribution in [3.63, 3.8) is 0 Å². The maximum atomic E-state index is 13.2. The van der Waals surface area contributed by atoms with Crippen LogP contribution in [0.5, 0.6) is 0 Å². The van der Waals surface area contributed by atoms with Gasteiger partial charge in [-0.3, -0.25) is 14.4 Å². The summed E-state index contributed by atoms with van der Waals surface area (Å²) in [6.07, 6.45) is 7.39. The first-order valence-corrected chi connectivity index (χ1v) is 14.2. The summed E-state index contributed by atoms with van der Waals surface area (Å²) in [5.41, 5.74) is 2.67. The van der Waals surface area contributed by atoms with Gasteiger partial charge in [0.05, 0.1) is 12.1 Å². The number of amides is 2. The molecule has 2 fully saturated rings. The molecule has 1 saturated heterocycles. The standard InChI is InChI=1S/C31H37FN4O3/c1-21-20-29(37)36(34-21)28-12-6-25(7-13-28)31(39)33-27-10-2-22(3-11-27)14-17-35-18-15-24(16-19-35)30(38)23-4-8-26(32)9-5-23/h4-9,12-13,22,24,27H,2-3,10-11,14-20H2,1H3,(H,33,39)/t22-,27-. The van der Waals surface area contributed by atoms with Gasteiger partial charge >= 0.3 is 0 Å². The van der Waals surface area contributed by atoms with Crippen molar-refractivity contribution >= 4 is 29.0 Å². The molecule has 7 nitrogen and oxygen atoms in total. The molecule has 2 aliphatic heterocycles. The molecule has 3 aliphatic rings. The van der Waals surface area contributed by atoms with Crippen molar-refractivity contribution in [3.8, 4) is 0 Å². The van der Waals surface area contributed by atoms with Crippen LogP contribution in [-0.2, 0) is 4.79 Å². The van der Waals surface area contributed by atoms with Crippen LogP contribution in [0.3, 0.4) is 0 Å². The molecule has 2 heterocycles. The third-order valence-electron chi connectivity index (χ3n) is 8.41. The van der Waals surface area contributed by atoms with Gasteiger partial charge in [-0.1, -0.05) is 0 Å². The van der Waals surface area contributed by atoms with Gasteiger partial charge in [-0.05, 0) is 126 Å². The first-order valence-electron chi connectivity index (χ1n) is 14.2. The van der Waals surface area contributed by atoms with E-state index in [1.165, 1.54) is 17.1 Å². The zero-order chi connectivity index (χ0) is 27.4. The number of Topliss-reactive ketones (excluding diaryl/α,β-unsaturated/α-hetero) is 1. The molecule has 0 unspecified atom stereocenters. The summed E-state index contributed by atoms with van der Waals surface area (Å²) in [6, 6.07) is 13.1. The number of likely N-dealkylation sites (tertiary alicyclic amines) is 1. The zero-order valence-electron chi connectivity index (χ0n) is 22.6. The van der Waals surface area contributed by atoms with E-state index in [0.29, 0.717) is 29.2 Å². The van der Waals surface area contributed by atoms with Crippen molar-refractivity contribution < 1.29 is 18.8 Å². The Morgan fingerprint density at radius 1 is 0.923 bits per heavy atom. The number of ketones is 1. The fourth-order valence-corrected chi connectivity index (χ4v) is 6.01. The lowest BCUT2D eigenvalue weighted by molar-refractivity contribution is -0.116. The molecule has 1 aliphatic carbocycles. The van der Waals surface area contributed by atoms with Gasteiger partial charge in [0.15, 0.2) is 5.78 Å². The molecule has 0 aromatic heterocycles. The third-order valence-corrected chi connectivity index (χ3v) is 8.41. The highest BCUT2D eigenvalue weighted by Crippen LogP contribution is 2.29. The highest BCUT2D eigenvalue weighted by molar-refractivity contribution is 6.12. The van der Waals surface area contributed by atoms with Gasteiger partial charge in [-0.2, -0.15) is 5.10 Å². The number of nitrogens with one attached hydrogen (secondary N) is 1. The smallest absolute Gasteiger partial charge is 0.253 e. The van der Waals surface area contributed by atoms with Crippen molar-refractivity contribution in [1.29, 1.82) is 0 Å². The summed E-state index contributed by atoms with van der Waals surface area (Å²) in [5.74, 6) is 0.391. The second kappa shape index (κ2) is 12.2. The molecule has 2 amide bonds. The zero-order valence-corrected chi connectivity index (χ0v) is 22.6. The fraction of sp³-hybridized carbons (Fsp3) is 0.484. The number of piperidine rings is 1. The summed E-state index contributed by atoms with van der Waals surface area (Å²) in [7, 11) is 0. The Morgan fingerprint density at radius 3 is 2.18 bits per heavy atom. The van der Waals surface area contributed by atoms with E-state index in [9.17, 15) is 18.8 Å². The first kappa shape index (κ1) is 27.2. The van der Waals surface area contributed by atoms with Crippen LogP contribution in [-0.4, -0.2) is 53.9 Å². The minimum atomic E-state index is -0.314. The fourth-order valence-electron chi connectivity index (χ4n) is 6.01. The Kier molecular flexibility index (Phi) is 8.50. The topological polar surface area (TPSA) is 82.1 Å². The molecular formula is C31H37FN4O3. The Balaban J connectivity index is 1.00. The summed E-state index contributed by atoms with van der Waals surface area (Å²) in [6.45, 7) is 4.74. The Hall–Kier alpha value is -3.39. The van der Waals surface area contributed by atoms with Gasteiger partial charge in [0.25, 0.3) is 11.8 Å². The molecular weight excluding hydrogens is 495 g/mol. The van der Waals surface area contributed by atoms with Crippen LogP contribution in [0.1, 0.15) is 79.0 Å². The number of rotatable bonds is 8. The number of nitrogens with zero attached hydrogens (tertiary/aromatic N) is 3. The van der Waals surface area contributed by atoms with Gasteiger partial charge in [-0.25, -0.2) is 9.40 Å². The van der Waals surface area contributed by atoms with E-state index in [4.69, 9.17) is 0 Å². The monoisotopic (exact) mass is 532 g/mol. The lowest BCUT2D eigenvalue weighted by Crippen LogP contribution is -2.39. The van der Waals surface area contributed by atoms with Crippen LogP contribution in [0.25, 0.3) is 0 Å². The van der Waals surface area contributed by atoms with E-state index < -0.39 is 0 Å². The molecule has 2 aromatic carbocycles. The Bertz CT molecular complexity index is 1210. The van der Waals surface area contributed by atoms with Gasteiger partial charge in [0, 0.05) is 28.8 Å². The van der Waals surface area contributed by atoms with E-state index >= 15 is 0 Å². The van der Waals surface area contributed by atoms with Gasteiger partial charge in [-0.15, -0.1) is 0 Å². The van der Waals surface area contributed by atoms with E-state index in [1.807, 2.05) is 6.92 Å². The van der Waals surface area contributed by atoms with E-state index in [1.54, 1.807) is 36.4 Å². The molecule has 0 radical (unpaired) electrons. The number of carbonyl (C=O) groups excluding carboxylic acids is 3. The van der Waals surface area contributed by atoms with Crippen molar-refractivity contribution in [3.05, 3.63) is 65.5 Å². The molecule has 5 rings (SSSR count). The van der Waals surface area contributed by atoms with Crippen LogP contribution in [0.15, 0.2) is 53.6 Å². The number of hydrogen-bond donors (Lipinski definition) is 1. The number of hydrazone groups is 1. The summed E-state index contributed by atoms with van der Waals surface area (Å²) < 4.78 is 13.2. The first-order chi connectivity index (χ1) is 18.9. The highest BCUT2D eigenvalue weighted by Gasteiger charge is 2.28. The Labute approximate surface area is 229 Å². The van der Waals surface area contributed by atoms with Gasteiger partial charge in [0.1, 0.15) is 5.82 Å². The number of halogens is 1. The molecule has 1 N–H and O–H groups in total. The maximum absolute atomic E-state index is 13.2. The summed E-state index contributed by atoms with van der Waals surface area (Å²) >= 11 is 0. The summed E-state index contributed by atoms with van der Waals surface area (Å²) in [4.78, 5) is 40.0. The minimum Gasteiger partial charge on any atom is -0.349 e. The molecule has 39 heavy (non-hydrogen) atoms. The van der Waals surface area contributed by atoms with Crippen molar-refractivity contribution in [2.24, 2.45) is 16.9 Å². The maximum Gasteiger partial charge on any atom is 0.253 e. The average Bonchev–Trinajstić information content (AvgIpc) is 3.30. The average molecular weight is 533 g/mol.